The van der Waals surface area contributed by atoms with Crippen molar-refractivity contribution >= 4 is 10.8 Å². The van der Waals surface area contributed by atoms with E-state index in [-0.39, 0.29) is 0 Å². The molecule has 2 nitrogen and oxygen atoms in total. The van der Waals surface area contributed by atoms with Gasteiger partial charge in [0.15, 0.2) is 0 Å². The summed E-state index contributed by atoms with van der Waals surface area (Å²) < 4.78 is 0. The Hall–Kier alpha value is -2.66. The fourth-order valence-electron chi connectivity index (χ4n) is 2.27. The number of aromatic nitrogens is 1. The predicted molar refractivity (Wildman–Crippen MR) is 75.7 cm³/mol. The Balaban J connectivity index is 2.04. The number of hydrogen-bond acceptors (Lipinski definition) is 2. The summed E-state index contributed by atoms with van der Waals surface area (Å²) in [5.41, 5.74) is 2.86. The van der Waals surface area contributed by atoms with Crippen molar-refractivity contribution in [3.8, 4) is 6.07 Å². The number of hydrogen-bond donors (Lipinski definition) is 0. The molecule has 2 aromatic carbocycles. The standard InChI is InChI=1S/C17H12N2/c18-12-14-5-3-4-13(10-14)11-17-16-7-2-1-6-15(16)8-9-19-17/h1-10H,11H2. The summed E-state index contributed by atoms with van der Waals surface area (Å²) in [5.74, 6) is 0. The van der Waals surface area contributed by atoms with E-state index >= 15 is 0 Å². The highest BCUT2D eigenvalue weighted by Gasteiger charge is 2.03. The molecule has 0 aliphatic heterocycles. The summed E-state index contributed by atoms with van der Waals surface area (Å²) in [6.07, 6.45) is 2.59. The lowest BCUT2D eigenvalue weighted by Crippen LogP contribution is -1.94. The van der Waals surface area contributed by atoms with E-state index in [0.717, 1.165) is 17.7 Å². The molecule has 0 radical (unpaired) electrons. The normalized spacial score (nSPS) is 10.3. The Morgan fingerprint density at radius 2 is 1.89 bits per heavy atom. The van der Waals surface area contributed by atoms with Crippen LogP contribution in [0.1, 0.15) is 16.8 Å². The van der Waals surface area contributed by atoms with Gasteiger partial charge in [0.25, 0.3) is 0 Å². The molecule has 90 valence electrons. The monoisotopic (exact) mass is 244 g/mol. The molecule has 3 rings (SSSR count). The van der Waals surface area contributed by atoms with Crippen molar-refractivity contribution in [3.05, 3.63) is 77.6 Å². The average molecular weight is 244 g/mol. The topological polar surface area (TPSA) is 36.7 Å². The SMILES string of the molecule is N#Cc1cccc(Cc2nccc3ccccc23)c1. The van der Waals surface area contributed by atoms with Gasteiger partial charge in [0.1, 0.15) is 0 Å². The largest absolute Gasteiger partial charge is 0.260 e. The van der Waals surface area contributed by atoms with Gasteiger partial charge in [-0.15, -0.1) is 0 Å². The van der Waals surface area contributed by atoms with Crippen LogP contribution in [0.15, 0.2) is 60.8 Å². The highest BCUT2D eigenvalue weighted by atomic mass is 14.7. The number of nitrogens with zero attached hydrogens (tertiary/aromatic N) is 2. The number of rotatable bonds is 2. The molecular formula is C17H12N2. The maximum atomic E-state index is 8.93. The summed E-state index contributed by atoms with van der Waals surface area (Å²) in [6, 6.07) is 20.1. The van der Waals surface area contributed by atoms with E-state index in [9.17, 15) is 0 Å². The van der Waals surface area contributed by atoms with Gasteiger partial charge in [0.05, 0.1) is 17.3 Å². The second kappa shape index (κ2) is 4.91. The highest BCUT2D eigenvalue weighted by molar-refractivity contribution is 5.84. The minimum atomic E-state index is 0.692. The van der Waals surface area contributed by atoms with Crippen LogP contribution in [0.4, 0.5) is 0 Å². The van der Waals surface area contributed by atoms with Crippen molar-refractivity contribution in [1.29, 1.82) is 5.26 Å². The fraction of sp³-hybridized carbons (Fsp3) is 0.0588. The molecule has 0 amide bonds. The van der Waals surface area contributed by atoms with Crippen molar-refractivity contribution in [2.75, 3.05) is 0 Å². The van der Waals surface area contributed by atoms with Crippen LogP contribution >= 0.6 is 0 Å². The molecule has 0 fully saturated rings. The Kier molecular flexibility index (Phi) is 2.96. The van der Waals surface area contributed by atoms with Crippen LogP contribution in [-0.2, 0) is 6.42 Å². The van der Waals surface area contributed by atoms with Gasteiger partial charge >= 0.3 is 0 Å². The zero-order chi connectivity index (χ0) is 13.1. The smallest absolute Gasteiger partial charge is 0.0991 e. The molecule has 1 heterocycles. The van der Waals surface area contributed by atoms with Crippen molar-refractivity contribution in [1.82, 2.24) is 4.98 Å². The lowest BCUT2D eigenvalue weighted by Gasteiger charge is -2.05. The molecule has 3 aromatic rings. The summed E-state index contributed by atoms with van der Waals surface area (Å²) in [7, 11) is 0. The van der Waals surface area contributed by atoms with Crippen molar-refractivity contribution in [2.45, 2.75) is 6.42 Å². The van der Waals surface area contributed by atoms with Gasteiger partial charge in [-0.2, -0.15) is 5.26 Å². The van der Waals surface area contributed by atoms with E-state index < -0.39 is 0 Å². The molecule has 2 heteroatoms. The minimum Gasteiger partial charge on any atom is -0.260 e. The third-order valence-corrected chi connectivity index (χ3v) is 3.18. The molecule has 0 saturated carbocycles. The predicted octanol–water partition coefficient (Wildman–Crippen LogP) is 3.70. The molecule has 1 aromatic heterocycles. The van der Waals surface area contributed by atoms with Crippen LogP contribution in [0.2, 0.25) is 0 Å². The van der Waals surface area contributed by atoms with E-state index in [4.69, 9.17) is 5.26 Å². The lowest BCUT2D eigenvalue weighted by atomic mass is 10.0. The van der Waals surface area contributed by atoms with E-state index in [0.29, 0.717) is 5.56 Å². The molecule has 0 aliphatic carbocycles. The first-order valence-electron chi connectivity index (χ1n) is 6.18. The maximum absolute atomic E-state index is 8.93. The molecule has 19 heavy (non-hydrogen) atoms. The summed E-state index contributed by atoms with van der Waals surface area (Å²) in [4.78, 5) is 4.47. The minimum absolute atomic E-state index is 0.692. The number of fused-ring (bicyclic) bond motifs is 1. The van der Waals surface area contributed by atoms with Crippen LogP contribution < -0.4 is 0 Å². The molecule has 0 saturated heterocycles. The second-order valence-electron chi connectivity index (χ2n) is 4.47. The molecule has 0 N–H and O–H groups in total. The van der Waals surface area contributed by atoms with Crippen LogP contribution in [0.3, 0.4) is 0 Å². The van der Waals surface area contributed by atoms with Gasteiger partial charge in [-0.25, -0.2) is 0 Å². The molecule has 0 spiro atoms. The van der Waals surface area contributed by atoms with Crippen LogP contribution in [-0.4, -0.2) is 4.98 Å². The Bertz CT molecular complexity index is 764. The third-order valence-electron chi connectivity index (χ3n) is 3.18. The highest BCUT2D eigenvalue weighted by Crippen LogP contribution is 2.19. The Morgan fingerprint density at radius 1 is 1.00 bits per heavy atom. The zero-order valence-corrected chi connectivity index (χ0v) is 10.4. The molecule has 0 atom stereocenters. The first-order chi connectivity index (χ1) is 9.36. The van der Waals surface area contributed by atoms with Crippen molar-refractivity contribution in [3.63, 3.8) is 0 Å². The first kappa shape index (κ1) is 11.4. The fourth-order valence-corrected chi connectivity index (χ4v) is 2.27. The summed E-state index contributed by atoms with van der Waals surface area (Å²) in [6.45, 7) is 0. The quantitative estimate of drug-likeness (QED) is 0.689. The van der Waals surface area contributed by atoms with E-state index in [1.807, 2.05) is 48.7 Å². The summed E-state index contributed by atoms with van der Waals surface area (Å²) in [5, 5.41) is 11.3. The molecule has 0 unspecified atom stereocenters. The van der Waals surface area contributed by atoms with Crippen LogP contribution in [0.5, 0.6) is 0 Å². The lowest BCUT2D eigenvalue weighted by molar-refractivity contribution is 1.10. The van der Waals surface area contributed by atoms with E-state index in [1.54, 1.807) is 0 Å². The molecular weight excluding hydrogens is 232 g/mol. The average Bonchev–Trinajstić information content (AvgIpc) is 2.48. The van der Waals surface area contributed by atoms with Gasteiger partial charge in [-0.1, -0.05) is 36.4 Å². The number of nitriles is 1. The van der Waals surface area contributed by atoms with Gasteiger partial charge < -0.3 is 0 Å². The number of pyridine rings is 1. The van der Waals surface area contributed by atoms with Crippen LogP contribution in [0, 0.1) is 11.3 Å². The van der Waals surface area contributed by atoms with Gasteiger partial charge in [-0.05, 0) is 29.1 Å². The number of benzene rings is 2. The maximum Gasteiger partial charge on any atom is 0.0991 e. The first-order valence-corrected chi connectivity index (χ1v) is 6.18. The van der Waals surface area contributed by atoms with Gasteiger partial charge in [0.2, 0.25) is 0 Å². The second-order valence-corrected chi connectivity index (χ2v) is 4.47. The van der Waals surface area contributed by atoms with Gasteiger partial charge in [0, 0.05) is 18.0 Å². The van der Waals surface area contributed by atoms with Crippen molar-refractivity contribution in [2.24, 2.45) is 0 Å². The molecule has 0 bridgehead atoms. The third kappa shape index (κ3) is 2.31. The summed E-state index contributed by atoms with van der Waals surface area (Å²) >= 11 is 0. The Labute approximate surface area is 112 Å². The zero-order valence-electron chi connectivity index (χ0n) is 10.4. The van der Waals surface area contributed by atoms with Gasteiger partial charge in [-0.3, -0.25) is 4.98 Å². The van der Waals surface area contributed by atoms with E-state index in [1.165, 1.54) is 10.8 Å². The van der Waals surface area contributed by atoms with E-state index in [2.05, 4.69) is 23.2 Å². The van der Waals surface area contributed by atoms with Crippen molar-refractivity contribution < 1.29 is 0 Å². The van der Waals surface area contributed by atoms with Crippen LogP contribution in [0.25, 0.3) is 10.8 Å². The Morgan fingerprint density at radius 3 is 2.79 bits per heavy atom. The molecule has 0 aliphatic rings.